The first-order chi connectivity index (χ1) is 12.1. The zero-order chi connectivity index (χ0) is 17.4. The van der Waals surface area contributed by atoms with Gasteiger partial charge in [-0.05, 0) is 49.2 Å². The van der Waals surface area contributed by atoms with Gasteiger partial charge in [0.05, 0.1) is 11.4 Å². The van der Waals surface area contributed by atoms with Gasteiger partial charge in [0.15, 0.2) is 0 Å². The first-order valence-electron chi connectivity index (χ1n) is 8.40. The normalized spacial score (nSPS) is 14.2. The lowest BCUT2D eigenvalue weighted by molar-refractivity contribution is 0.0784. The fourth-order valence-corrected chi connectivity index (χ4v) is 3.46. The molecule has 128 valence electrons. The Hall–Kier alpha value is -2.53. The molecule has 3 aromatic rings. The Balaban J connectivity index is 1.84. The number of rotatable bonds is 3. The number of aromatic nitrogens is 3. The second-order valence-corrected chi connectivity index (χ2v) is 6.75. The molecule has 1 aliphatic heterocycles. The highest BCUT2D eigenvalue weighted by Gasteiger charge is 2.25. The van der Waals surface area contributed by atoms with Gasteiger partial charge < -0.3 is 9.47 Å². The molecule has 0 N–H and O–H groups in total. The van der Waals surface area contributed by atoms with E-state index < -0.39 is 0 Å². The molecule has 1 aromatic carbocycles. The van der Waals surface area contributed by atoms with Crippen LogP contribution >= 0.6 is 11.6 Å². The van der Waals surface area contributed by atoms with Crippen molar-refractivity contribution in [3.05, 3.63) is 59.4 Å². The minimum Gasteiger partial charge on any atom is -0.349 e. The zero-order valence-electron chi connectivity index (χ0n) is 14.0. The molecule has 1 saturated heterocycles. The highest BCUT2D eigenvalue weighted by atomic mass is 35.5. The van der Waals surface area contributed by atoms with Crippen LogP contribution in [0.3, 0.4) is 0 Å². The van der Waals surface area contributed by atoms with Crippen LogP contribution in [0.15, 0.2) is 48.7 Å². The molecule has 0 atom stereocenters. The third kappa shape index (κ3) is 2.96. The molecular weight excluding hydrogens is 336 g/mol. The zero-order valence-corrected chi connectivity index (χ0v) is 14.8. The molecule has 0 radical (unpaired) electrons. The van der Waals surface area contributed by atoms with Crippen LogP contribution in [0.2, 0.25) is 5.02 Å². The molecule has 2 aromatic heterocycles. The van der Waals surface area contributed by atoms with Crippen LogP contribution in [0.1, 0.15) is 23.3 Å². The highest BCUT2D eigenvalue weighted by molar-refractivity contribution is 6.30. The number of carbonyl (C=O) groups excluding carboxylic acids is 1. The average molecular weight is 355 g/mol. The van der Waals surface area contributed by atoms with Crippen molar-refractivity contribution >= 4 is 17.5 Å². The molecule has 0 unspecified atom stereocenters. The summed E-state index contributed by atoms with van der Waals surface area (Å²) in [6.07, 6.45) is 4.08. The standard InChI is InChI=1S/C19H19ClN4O/c1-22-9-5-8-17(22)16-13-18(19(25)23-10-2-3-11-23)24(21-16)15-7-4-6-14(20)12-15/h4-9,12-13H,2-3,10-11H2,1H3. The van der Waals surface area contributed by atoms with Crippen molar-refractivity contribution in [3.8, 4) is 17.1 Å². The van der Waals surface area contributed by atoms with Gasteiger partial charge >= 0.3 is 0 Å². The third-order valence-corrected chi connectivity index (χ3v) is 4.82. The summed E-state index contributed by atoms with van der Waals surface area (Å²) in [5, 5.41) is 5.33. The van der Waals surface area contributed by atoms with Gasteiger partial charge in [0.2, 0.25) is 0 Å². The molecule has 5 nitrogen and oxygen atoms in total. The van der Waals surface area contributed by atoms with E-state index in [9.17, 15) is 4.79 Å². The summed E-state index contributed by atoms with van der Waals surface area (Å²) < 4.78 is 3.70. The van der Waals surface area contributed by atoms with E-state index in [-0.39, 0.29) is 5.91 Å². The first-order valence-corrected chi connectivity index (χ1v) is 8.78. The number of nitrogens with zero attached hydrogens (tertiary/aromatic N) is 4. The van der Waals surface area contributed by atoms with E-state index in [2.05, 4.69) is 0 Å². The average Bonchev–Trinajstić information content (AvgIpc) is 3.34. The van der Waals surface area contributed by atoms with E-state index in [0.29, 0.717) is 10.7 Å². The molecule has 0 bridgehead atoms. The number of likely N-dealkylation sites (tertiary alicyclic amines) is 1. The summed E-state index contributed by atoms with van der Waals surface area (Å²) >= 11 is 6.14. The Labute approximate surface area is 151 Å². The lowest BCUT2D eigenvalue weighted by Gasteiger charge is -2.16. The Morgan fingerprint density at radius 3 is 2.60 bits per heavy atom. The maximum absolute atomic E-state index is 13.0. The molecule has 25 heavy (non-hydrogen) atoms. The number of hydrogen-bond donors (Lipinski definition) is 0. The Kier molecular flexibility index (Phi) is 4.09. The van der Waals surface area contributed by atoms with Crippen LogP contribution in [0.5, 0.6) is 0 Å². The van der Waals surface area contributed by atoms with Crippen LogP contribution in [-0.2, 0) is 7.05 Å². The lowest BCUT2D eigenvalue weighted by atomic mass is 10.2. The molecule has 0 saturated carbocycles. The van der Waals surface area contributed by atoms with Crippen molar-refractivity contribution in [2.45, 2.75) is 12.8 Å². The summed E-state index contributed by atoms with van der Waals surface area (Å²) in [6, 6.07) is 13.3. The summed E-state index contributed by atoms with van der Waals surface area (Å²) in [7, 11) is 1.97. The SMILES string of the molecule is Cn1cccc1-c1cc(C(=O)N2CCCC2)n(-c2cccc(Cl)c2)n1. The van der Waals surface area contributed by atoms with E-state index >= 15 is 0 Å². The van der Waals surface area contributed by atoms with E-state index in [4.69, 9.17) is 16.7 Å². The van der Waals surface area contributed by atoms with Gasteiger partial charge in [0, 0.05) is 31.4 Å². The minimum absolute atomic E-state index is 0.0189. The van der Waals surface area contributed by atoms with Crippen LogP contribution in [-0.4, -0.2) is 38.2 Å². The van der Waals surface area contributed by atoms with E-state index in [1.54, 1.807) is 4.68 Å². The topological polar surface area (TPSA) is 43.1 Å². The van der Waals surface area contributed by atoms with Gasteiger partial charge in [-0.2, -0.15) is 5.10 Å². The first kappa shape index (κ1) is 16.0. The minimum atomic E-state index is 0.0189. The van der Waals surface area contributed by atoms with Crippen LogP contribution in [0.25, 0.3) is 17.1 Å². The predicted octanol–water partition coefficient (Wildman–Crippen LogP) is 3.77. The molecule has 0 spiro atoms. The van der Waals surface area contributed by atoms with Gasteiger partial charge in [-0.3, -0.25) is 4.79 Å². The molecule has 6 heteroatoms. The second-order valence-electron chi connectivity index (χ2n) is 6.31. The number of halogens is 1. The largest absolute Gasteiger partial charge is 0.349 e. The maximum atomic E-state index is 13.0. The highest BCUT2D eigenvalue weighted by Crippen LogP contribution is 2.25. The number of amides is 1. The predicted molar refractivity (Wildman–Crippen MR) is 98.1 cm³/mol. The van der Waals surface area contributed by atoms with Crippen LogP contribution in [0, 0.1) is 0 Å². The van der Waals surface area contributed by atoms with Crippen molar-refractivity contribution in [2.24, 2.45) is 7.05 Å². The number of aryl methyl sites for hydroxylation is 1. The smallest absolute Gasteiger partial charge is 0.272 e. The van der Waals surface area contributed by atoms with Gasteiger partial charge in [-0.25, -0.2) is 4.68 Å². The van der Waals surface area contributed by atoms with Gasteiger partial charge in [0.25, 0.3) is 5.91 Å². The number of carbonyl (C=O) groups is 1. The van der Waals surface area contributed by atoms with Crippen molar-refractivity contribution in [1.29, 1.82) is 0 Å². The molecule has 0 aliphatic carbocycles. The Morgan fingerprint density at radius 2 is 1.92 bits per heavy atom. The number of hydrogen-bond acceptors (Lipinski definition) is 2. The second kappa shape index (κ2) is 6.41. The van der Waals surface area contributed by atoms with E-state index in [1.807, 2.05) is 65.2 Å². The fourth-order valence-electron chi connectivity index (χ4n) is 3.27. The van der Waals surface area contributed by atoms with Crippen molar-refractivity contribution in [1.82, 2.24) is 19.2 Å². The van der Waals surface area contributed by atoms with Crippen LogP contribution < -0.4 is 0 Å². The summed E-state index contributed by atoms with van der Waals surface area (Å²) in [6.45, 7) is 1.61. The summed E-state index contributed by atoms with van der Waals surface area (Å²) in [4.78, 5) is 14.9. The van der Waals surface area contributed by atoms with Gasteiger partial charge in [-0.1, -0.05) is 17.7 Å². The van der Waals surface area contributed by atoms with Crippen molar-refractivity contribution in [3.63, 3.8) is 0 Å². The quantitative estimate of drug-likeness (QED) is 0.718. The van der Waals surface area contributed by atoms with E-state index in [1.165, 1.54) is 0 Å². The maximum Gasteiger partial charge on any atom is 0.272 e. The monoisotopic (exact) mass is 354 g/mol. The molecular formula is C19H19ClN4O. The van der Waals surface area contributed by atoms with E-state index in [0.717, 1.165) is 43.0 Å². The summed E-state index contributed by atoms with van der Waals surface area (Å²) in [5.74, 6) is 0.0189. The number of benzene rings is 1. The molecule has 1 amide bonds. The molecule has 4 rings (SSSR count). The van der Waals surface area contributed by atoms with Crippen LogP contribution in [0.4, 0.5) is 0 Å². The third-order valence-electron chi connectivity index (χ3n) is 4.58. The van der Waals surface area contributed by atoms with Crippen molar-refractivity contribution in [2.75, 3.05) is 13.1 Å². The lowest BCUT2D eigenvalue weighted by Crippen LogP contribution is -2.29. The molecule has 1 fully saturated rings. The van der Waals surface area contributed by atoms with Gasteiger partial charge in [-0.15, -0.1) is 0 Å². The Bertz CT molecular complexity index is 921. The van der Waals surface area contributed by atoms with Crippen molar-refractivity contribution < 1.29 is 4.79 Å². The molecule has 3 heterocycles. The Morgan fingerprint density at radius 1 is 1.12 bits per heavy atom. The van der Waals surface area contributed by atoms with Gasteiger partial charge in [0.1, 0.15) is 11.4 Å². The summed E-state index contributed by atoms with van der Waals surface area (Å²) in [5.41, 5.74) is 3.10. The molecule has 1 aliphatic rings. The fraction of sp³-hybridized carbons (Fsp3) is 0.263.